The molecule has 5 heteroatoms. The minimum Gasteiger partial charge on any atom is -0.497 e. The van der Waals surface area contributed by atoms with E-state index in [1.165, 1.54) is 0 Å². The fourth-order valence-corrected chi connectivity index (χ4v) is 3.08. The first-order valence-corrected chi connectivity index (χ1v) is 7.59. The average molecular weight is 327 g/mol. The van der Waals surface area contributed by atoms with Crippen molar-refractivity contribution in [3.05, 3.63) is 30.3 Å². The van der Waals surface area contributed by atoms with Crippen LogP contribution >= 0.6 is 0 Å². The Bertz CT molecular complexity index is 905. The molecule has 0 saturated carbocycles. The highest BCUT2D eigenvalue weighted by atomic mass is 16.5. The van der Waals surface area contributed by atoms with Gasteiger partial charge in [0.1, 0.15) is 5.75 Å². The van der Waals surface area contributed by atoms with Crippen LogP contribution in [0.5, 0.6) is 23.0 Å². The molecule has 3 rings (SSSR count). The van der Waals surface area contributed by atoms with Crippen molar-refractivity contribution in [3.8, 4) is 23.0 Å². The third-order valence-electron chi connectivity index (χ3n) is 4.22. The number of nitrogens with one attached hydrogen (secondary N) is 1. The van der Waals surface area contributed by atoms with Crippen molar-refractivity contribution in [2.45, 2.75) is 0 Å². The van der Waals surface area contributed by atoms with Gasteiger partial charge in [0.15, 0.2) is 11.5 Å². The van der Waals surface area contributed by atoms with Gasteiger partial charge in [-0.2, -0.15) is 0 Å². The van der Waals surface area contributed by atoms with Crippen LogP contribution in [0.15, 0.2) is 30.3 Å². The number of rotatable bonds is 5. The second-order valence-electron chi connectivity index (χ2n) is 5.33. The normalized spacial score (nSPS) is 10.7. The maximum Gasteiger partial charge on any atom is 0.203 e. The maximum absolute atomic E-state index is 5.70. The summed E-state index contributed by atoms with van der Waals surface area (Å²) in [6.07, 6.45) is 0. The summed E-state index contributed by atoms with van der Waals surface area (Å²) < 4.78 is 22.1. The van der Waals surface area contributed by atoms with Gasteiger partial charge in [-0.3, -0.25) is 0 Å². The van der Waals surface area contributed by atoms with Crippen LogP contribution in [0.2, 0.25) is 0 Å². The van der Waals surface area contributed by atoms with Crippen LogP contribution < -0.4 is 24.3 Å². The summed E-state index contributed by atoms with van der Waals surface area (Å²) >= 11 is 0. The Morgan fingerprint density at radius 1 is 0.750 bits per heavy atom. The zero-order valence-electron chi connectivity index (χ0n) is 14.5. The number of methoxy groups -OCH3 is 4. The van der Waals surface area contributed by atoms with Gasteiger partial charge < -0.3 is 24.3 Å². The highest BCUT2D eigenvalue weighted by Crippen LogP contribution is 2.48. The zero-order valence-corrected chi connectivity index (χ0v) is 14.5. The molecule has 0 aliphatic heterocycles. The van der Waals surface area contributed by atoms with Gasteiger partial charge >= 0.3 is 0 Å². The number of ether oxygens (including phenoxy) is 4. The molecule has 0 aromatic heterocycles. The summed E-state index contributed by atoms with van der Waals surface area (Å²) in [4.78, 5) is 0. The molecule has 5 nitrogen and oxygen atoms in total. The van der Waals surface area contributed by atoms with Crippen molar-refractivity contribution in [3.63, 3.8) is 0 Å². The van der Waals surface area contributed by atoms with Crippen molar-refractivity contribution in [2.75, 3.05) is 40.8 Å². The van der Waals surface area contributed by atoms with Gasteiger partial charge in [0, 0.05) is 23.5 Å². The monoisotopic (exact) mass is 327 g/mol. The molecule has 3 aromatic rings. The Labute approximate surface area is 141 Å². The molecule has 0 fully saturated rings. The predicted molar refractivity (Wildman–Crippen MR) is 97.2 cm³/mol. The SMILES string of the molecule is CNc1cc2ccc(OC)cc2c2c(OC)c(OC)c(OC)cc12. The molecule has 0 radical (unpaired) electrons. The number of hydrogen-bond donors (Lipinski definition) is 1. The van der Waals surface area contributed by atoms with Gasteiger partial charge in [-0.15, -0.1) is 0 Å². The van der Waals surface area contributed by atoms with Crippen LogP contribution in [0.1, 0.15) is 0 Å². The van der Waals surface area contributed by atoms with Gasteiger partial charge in [-0.05, 0) is 35.0 Å². The van der Waals surface area contributed by atoms with E-state index in [1.807, 2.05) is 31.3 Å². The van der Waals surface area contributed by atoms with E-state index in [9.17, 15) is 0 Å². The minimum absolute atomic E-state index is 0.574. The molecule has 126 valence electrons. The van der Waals surface area contributed by atoms with E-state index < -0.39 is 0 Å². The van der Waals surface area contributed by atoms with Crippen LogP contribution in [0.4, 0.5) is 5.69 Å². The fourth-order valence-electron chi connectivity index (χ4n) is 3.08. The van der Waals surface area contributed by atoms with Gasteiger partial charge in [-0.25, -0.2) is 0 Å². The minimum atomic E-state index is 0.574. The van der Waals surface area contributed by atoms with Crippen LogP contribution in [-0.4, -0.2) is 35.5 Å². The molecule has 3 aromatic carbocycles. The molecule has 0 unspecified atom stereocenters. The maximum atomic E-state index is 5.70. The lowest BCUT2D eigenvalue weighted by Crippen LogP contribution is -1.98. The van der Waals surface area contributed by atoms with Gasteiger partial charge in [0.2, 0.25) is 5.75 Å². The lowest BCUT2D eigenvalue weighted by Gasteiger charge is -2.18. The summed E-state index contributed by atoms with van der Waals surface area (Å²) in [5, 5.41) is 7.31. The van der Waals surface area contributed by atoms with Crippen molar-refractivity contribution in [2.24, 2.45) is 0 Å². The summed E-state index contributed by atoms with van der Waals surface area (Å²) in [6.45, 7) is 0. The lowest BCUT2D eigenvalue weighted by atomic mass is 9.98. The van der Waals surface area contributed by atoms with E-state index in [0.29, 0.717) is 17.2 Å². The number of hydrogen-bond acceptors (Lipinski definition) is 5. The first kappa shape index (κ1) is 16.1. The molecule has 0 bridgehead atoms. The second kappa shape index (κ2) is 6.35. The molecule has 0 aliphatic rings. The largest absolute Gasteiger partial charge is 0.497 e. The average Bonchev–Trinajstić information content (AvgIpc) is 2.64. The Morgan fingerprint density at radius 3 is 2.08 bits per heavy atom. The smallest absolute Gasteiger partial charge is 0.203 e. The molecule has 0 atom stereocenters. The van der Waals surface area contributed by atoms with E-state index in [-0.39, 0.29) is 0 Å². The Balaban J connectivity index is 2.57. The summed E-state index contributed by atoms with van der Waals surface area (Å²) in [7, 11) is 8.41. The molecule has 1 N–H and O–H groups in total. The van der Waals surface area contributed by atoms with Crippen LogP contribution in [0.3, 0.4) is 0 Å². The van der Waals surface area contributed by atoms with Gasteiger partial charge in [-0.1, -0.05) is 6.07 Å². The van der Waals surface area contributed by atoms with E-state index in [2.05, 4.69) is 11.4 Å². The summed E-state index contributed by atoms with van der Waals surface area (Å²) in [6, 6.07) is 10.0. The van der Waals surface area contributed by atoms with Crippen molar-refractivity contribution >= 4 is 27.2 Å². The molecular formula is C19H21NO4. The second-order valence-corrected chi connectivity index (χ2v) is 5.33. The summed E-state index contributed by atoms with van der Waals surface area (Å²) in [5.74, 6) is 2.63. The molecule has 0 heterocycles. The predicted octanol–water partition coefficient (Wildman–Crippen LogP) is 4.07. The third kappa shape index (κ3) is 2.33. The molecule has 24 heavy (non-hydrogen) atoms. The van der Waals surface area contributed by atoms with E-state index in [0.717, 1.165) is 33.0 Å². The van der Waals surface area contributed by atoms with E-state index in [1.54, 1.807) is 28.4 Å². The molecular weight excluding hydrogens is 306 g/mol. The standard InChI is InChI=1S/C19H21NO4/c1-20-15-8-11-6-7-12(21-2)9-13(11)17-14(15)10-16(22-3)18(23-4)19(17)24-5/h6-10,20H,1-5H3. The van der Waals surface area contributed by atoms with Gasteiger partial charge in [0.05, 0.1) is 28.4 Å². The van der Waals surface area contributed by atoms with Crippen molar-refractivity contribution < 1.29 is 18.9 Å². The van der Waals surface area contributed by atoms with E-state index in [4.69, 9.17) is 18.9 Å². The quantitative estimate of drug-likeness (QED) is 0.716. The highest BCUT2D eigenvalue weighted by Gasteiger charge is 2.20. The van der Waals surface area contributed by atoms with Gasteiger partial charge in [0.25, 0.3) is 0 Å². The number of anilines is 1. The van der Waals surface area contributed by atoms with Crippen molar-refractivity contribution in [1.82, 2.24) is 0 Å². The fraction of sp³-hybridized carbons (Fsp3) is 0.263. The van der Waals surface area contributed by atoms with Crippen LogP contribution in [0.25, 0.3) is 21.5 Å². The topological polar surface area (TPSA) is 49.0 Å². The summed E-state index contributed by atoms with van der Waals surface area (Å²) in [5.41, 5.74) is 0.988. The Hall–Kier alpha value is -2.82. The highest BCUT2D eigenvalue weighted by molar-refractivity contribution is 6.17. The molecule has 0 spiro atoms. The van der Waals surface area contributed by atoms with Crippen LogP contribution in [-0.2, 0) is 0 Å². The first-order chi connectivity index (χ1) is 11.7. The Morgan fingerprint density at radius 2 is 1.50 bits per heavy atom. The van der Waals surface area contributed by atoms with Crippen LogP contribution in [0, 0.1) is 0 Å². The zero-order chi connectivity index (χ0) is 17.3. The van der Waals surface area contributed by atoms with E-state index >= 15 is 0 Å². The Kier molecular flexibility index (Phi) is 4.25. The van der Waals surface area contributed by atoms with Crippen molar-refractivity contribution in [1.29, 1.82) is 0 Å². The molecule has 0 saturated heterocycles. The molecule has 0 amide bonds. The number of benzene rings is 3. The number of fused-ring (bicyclic) bond motifs is 3. The molecule has 0 aliphatic carbocycles. The lowest BCUT2D eigenvalue weighted by molar-refractivity contribution is 0.327. The third-order valence-corrected chi connectivity index (χ3v) is 4.22. The first-order valence-electron chi connectivity index (χ1n) is 7.59.